The molecule has 1 aliphatic heterocycles. The summed E-state index contributed by atoms with van der Waals surface area (Å²) < 4.78 is 0.821. The van der Waals surface area contributed by atoms with E-state index >= 15 is 0 Å². The zero-order chi connectivity index (χ0) is 15.7. The van der Waals surface area contributed by atoms with Gasteiger partial charge in [0.15, 0.2) is 5.11 Å². The largest absolute Gasteiger partial charge is 0.298 e. The molecule has 22 heavy (non-hydrogen) atoms. The van der Waals surface area contributed by atoms with Crippen molar-refractivity contribution >= 4 is 68.2 Å². The van der Waals surface area contributed by atoms with Gasteiger partial charge in [0, 0.05) is 9.35 Å². The van der Waals surface area contributed by atoms with Crippen molar-refractivity contribution in [2.75, 3.05) is 4.90 Å². The van der Waals surface area contributed by atoms with Crippen LogP contribution in [0.5, 0.6) is 0 Å². The zero-order valence-corrected chi connectivity index (χ0v) is 14.3. The second-order valence-corrected chi connectivity index (χ2v) is 6.73. The van der Waals surface area contributed by atoms with Gasteiger partial charge in [-0.15, -0.1) is 11.3 Å². The van der Waals surface area contributed by atoms with Crippen LogP contribution in [0.2, 0.25) is 0 Å². The molecule has 1 aromatic heterocycles. The molecule has 2 amide bonds. The van der Waals surface area contributed by atoms with Gasteiger partial charge in [0.2, 0.25) is 0 Å². The molecular weight excluding hydrogens is 384 g/mol. The number of thiocarbonyl (C=S) groups is 1. The van der Waals surface area contributed by atoms with Crippen LogP contribution in [0, 0.1) is 0 Å². The summed E-state index contributed by atoms with van der Waals surface area (Å²) in [7, 11) is 0. The number of hydrogen-bond acceptors (Lipinski definition) is 4. The summed E-state index contributed by atoms with van der Waals surface area (Å²) in [4.78, 5) is 26.9. The van der Waals surface area contributed by atoms with Gasteiger partial charge in [0.25, 0.3) is 11.8 Å². The van der Waals surface area contributed by atoms with E-state index in [1.807, 2.05) is 23.6 Å². The molecule has 0 unspecified atom stereocenters. The van der Waals surface area contributed by atoms with Crippen LogP contribution in [0.25, 0.3) is 6.08 Å². The van der Waals surface area contributed by atoms with Gasteiger partial charge in [-0.2, -0.15) is 0 Å². The third-order valence-electron chi connectivity index (χ3n) is 3.00. The van der Waals surface area contributed by atoms with E-state index in [1.54, 1.807) is 24.3 Å². The second-order valence-electron chi connectivity index (χ2n) is 4.45. The monoisotopic (exact) mass is 392 g/mol. The first kappa shape index (κ1) is 15.1. The lowest BCUT2D eigenvalue weighted by Crippen LogP contribution is -2.54. The maximum atomic E-state index is 12.7. The number of amides is 2. The first-order valence-electron chi connectivity index (χ1n) is 6.27. The fraction of sp³-hybridized carbons (Fsp3) is 0. The first-order valence-corrected chi connectivity index (χ1v) is 8.35. The van der Waals surface area contributed by atoms with E-state index in [9.17, 15) is 9.59 Å². The number of rotatable bonds is 2. The quantitative estimate of drug-likeness (QED) is 0.484. The molecule has 7 heteroatoms. The van der Waals surface area contributed by atoms with Gasteiger partial charge in [-0.05, 0) is 47.9 Å². The molecule has 1 aromatic carbocycles. The average molecular weight is 393 g/mol. The maximum Gasteiger partial charge on any atom is 0.270 e. The summed E-state index contributed by atoms with van der Waals surface area (Å²) in [5.41, 5.74) is 0.664. The number of halogens is 1. The van der Waals surface area contributed by atoms with Crippen LogP contribution in [0.4, 0.5) is 5.69 Å². The topological polar surface area (TPSA) is 49.4 Å². The normalized spacial score (nSPS) is 17.0. The lowest BCUT2D eigenvalue weighted by Gasteiger charge is -2.28. The number of benzene rings is 1. The van der Waals surface area contributed by atoms with E-state index < -0.39 is 11.8 Å². The van der Waals surface area contributed by atoms with Gasteiger partial charge in [0.05, 0.1) is 5.69 Å². The standard InChI is InChI=1S/C15H9BrN2O2S2/c16-9-3-1-4-10(7-9)18-14(20)12(13(19)17-15(18)21)8-11-5-2-6-22-11/h1-8H,(H,17,19,21)/b12-8-. The van der Waals surface area contributed by atoms with Gasteiger partial charge in [0.1, 0.15) is 5.57 Å². The molecule has 0 saturated carbocycles. The number of thiophene rings is 1. The number of hydrogen-bond donors (Lipinski definition) is 1. The summed E-state index contributed by atoms with van der Waals surface area (Å²) in [5.74, 6) is -0.908. The minimum atomic E-state index is -0.477. The number of carbonyl (C=O) groups excluding carboxylic acids is 2. The Balaban J connectivity index is 2.03. The van der Waals surface area contributed by atoms with Gasteiger partial charge in [-0.25, -0.2) is 0 Å². The van der Waals surface area contributed by atoms with Crippen LogP contribution < -0.4 is 10.2 Å². The highest BCUT2D eigenvalue weighted by Crippen LogP contribution is 2.25. The minimum Gasteiger partial charge on any atom is -0.298 e. The molecule has 0 radical (unpaired) electrons. The van der Waals surface area contributed by atoms with Gasteiger partial charge < -0.3 is 0 Å². The summed E-state index contributed by atoms with van der Waals surface area (Å²) in [5, 5.41) is 4.52. The number of anilines is 1. The Hall–Kier alpha value is -1.83. The van der Waals surface area contributed by atoms with Crippen LogP contribution in [0.15, 0.2) is 51.8 Å². The Bertz CT molecular complexity index is 800. The summed E-state index contributed by atoms with van der Waals surface area (Å²) >= 11 is 9.96. The lowest BCUT2D eigenvalue weighted by molar-refractivity contribution is -0.122. The Morgan fingerprint density at radius 1 is 1.23 bits per heavy atom. The summed E-state index contributed by atoms with van der Waals surface area (Å²) in [6.45, 7) is 0. The molecule has 0 atom stereocenters. The molecule has 3 rings (SSSR count). The molecule has 110 valence electrons. The molecule has 0 bridgehead atoms. The minimum absolute atomic E-state index is 0.0658. The van der Waals surface area contributed by atoms with Crippen molar-refractivity contribution in [1.82, 2.24) is 5.32 Å². The van der Waals surface area contributed by atoms with Crippen molar-refractivity contribution in [2.24, 2.45) is 0 Å². The average Bonchev–Trinajstić information content (AvgIpc) is 2.96. The molecule has 4 nitrogen and oxygen atoms in total. The Labute approximate surface area is 144 Å². The van der Waals surface area contributed by atoms with Gasteiger partial charge in [-0.1, -0.05) is 28.1 Å². The molecule has 2 heterocycles. The Morgan fingerprint density at radius 3 is 2.73 bits per heavy atom. The number of nitrogens with zero attached hydrogens (tertiary/aromatic N) is 1. The van der Waals surface area contributed by atoms with Gasteiger partial charge in [-0.3, -0.25) is 19.8 Å². The predicted octanol–water partition coefficient (Wildman–Crippen LogP) is 3.34. The Kier molecular flexibility index (Phi) is 4.19. The molecule has 1 fully saturated rings. The molecule has 1 N–H and O–H groups in total. The lowest BCUT2D eigenvalue weighted by atomic mass is 10.1. The van der Waals surface area contributed by atoms with E-state index in [0.717, 1.165) is 9.35 Å². The van der Waals surface area contributed by atoms with E-state index in [0.29, 0.717) is 5.69 Å². The van der Waals surface area contributed by atoms with E-state index in [-0.39, 0.29) is 10.7 Å². The van der Waals surface area contributed by atoms with Crippen molar-refractivity contribution in [3.05, 3.63) is 56.7 Å². The van der Waals surface area contributed by atoms with E-state index in [1.165, 1.54) is 16.2 Å². The van der Waals surface area contributed by atoms with Gasteiger partial charge >= 0.3 is 0 Å². The third kappa shape index (κ3) is 2.87. The zero-order valence-electron chi connectivity index (χ0n) is 11.1. The number of carbonyl (C=O) groups is 2. The Morgan fingerprint density at radius 2 is 2.05 bits per heavy atom. The molecule has 2 aromatic rings. The highest BCUT2D eigenvalue weighted by molar-refractivity contribution is 9.10. The predicted molar refractivity (Wildman–Crippen MR) is 94.7 cm³/mol. The molecular formula is C15H9BrN2O2S2. The fourth-order valence-corrected chi connectivity index (χ4v) is 3.35. The van der Waals surface area contributed by atoms with Crippen LogP contribution in [0.1, 0.15) is 4.88 Å². The fourth-order valence-electron chi connectivity index (χ4n) is 2.02. The van der Waals surface area contributed by atoms with E-state index in [4.69, 9.17) is 12.2 Å². The third-order valence-corrected chi connectivity index (χ3v) is 4.60. The van der Waals surface area contributed by atoms with Crippen LogP contribution >= 0.6 is 39.5 Å². The number of nitrogens with one attached hydrogen (secondary N) is 1. The summed E-state index contributed by atoms with van der Waals surface area (Å²) in [6.07, 6.45) is 1.58. The van der Waals surface area contributed by atoms with Crippen molar-refractivity contribution in [2.45, 2.75) is 0 Å². The SMILES string of the molecule is O=C1NC(=S)N(c2cccc(Br)c2)C(=O)/C1=C\c1cccs1. The molecule has 1 saturated heterocycles. The molecule has 0 aliphatic carbocycles. The smallest absolute Gasteiger partial charge is 0.270 e. The van der Waals surface area contributed by atoms with Crippen LogP contribution in [-0.4, -0.2) is 16.9 Å². The van der Waals surface area contributed by atoms with Crippen molar-refractivity contribution < 1.29 is 9.59 Å². The van der Waals surface area contributed by atoms with Crippen molar-refractivity contribution in [3.63, 3.8) is 0 Å². The summed E-state index contributed by atoms with van der Waals surface area (Å²) in [6, 6.07) is 10.9. The highest BCUT2D eigenvalue weighted by Gasteiger charge is 2.34. The molecule has 0 spiro atoms. The maximum absolute atomic E-state index is 12.7. The highest BCUT2D eigenvalue weighted by atomic mass is 79.9. The van der Waals surface area contributed by atoms with Crippen LogP contribution in [0.3, 0.4) is 0 Å². The van der Waals surface area contributed by atoms with Crippen LogP contribution in [-0.2, 0) is 9.59 Å². The second kappa shape index (κ2) is 6.12. The molecule has 1 aliphatic rings. The first-order chi connectivity index (χ1) is 10.6. The van der Waals surface area contributed by atoms with Crippen molar-refractivity contribution in [3.8, 4) is 0 Å². The van der Waals surface area contributed by atoms with Crippen molar-refractivity contribution in [1.29, 1.82) is 0 Å². The van der Waals surface area contributed by atoms with E-state index in [2.05, 4.69) is 21.2 Å².